The van der Waals surface area contributed by atoms with Crippen LogP contribution in [0.25, 0.3) is 0 Å². The van der Waals surface area contributed by atoms with Crippen molar-refractivity contribution in [1.29, 1.82) is 0 Å². The zero-order chi connectivity index (χ0) is 18.4. The standard InChI is InChI=1S/C15H24N4O5S/c1-11-3-5-12(6-4-11)18-14(20)10-24-15(21)8-17-25(22,23)13-7-16-19(2)9-13/h7,9,11-12,17H,3-6,8,10H2,1-2H3,(H,18,20). The Morgan fingerprint density at radius 1 is 1.32 bits per heavy atom. The van der Waals surface area contributed by atoms with Crippen LogP contribution in [0.4, 0.5) is 0 Å². The largest absolute Gasteiger partial charge is 0.455 e. The number of nitrogens with one attached hydrogen (secondary N) is 2. The lowest BCUT2D eigenvalue weighted by Crippen LogP contribution is -2.40. The molecular weight excluding hydrogens is 348 g/mol. The molecule has 9 nitrogen and oxygen atoms in total. The highest BCUT2D eigenvalue weighted by Gasteiger charge is 2.21. The number of hydrogen-bond donors (Lipinski definition) is 2. The van der Waals surface area contributed by atoms with Gasteiger partial charge in [0.2, 0.25) is 10.0 Å². The molecule has 0 saturated heterocycles. The van der Waals surface area contributed by atoms with Gasteiger partial charge in [-0.2, -0.15) is 9.82 Å². The summed E-state index contributed by atoms with van der Waals surface area (Å²) in [6.45, 7) is 1.22. The van der Waals surface area contributed by atoms with E-state index in [1.165, 1.54) is 17.1 Å². The van der Waals surface area contributed by atoms with Crippen molar-refractivity contribution in [2.75, 3.05) is 13.2 Å². The highest BCUT2D eigenvalue weighted by Crippen LogP contribution is 2.23. The first-order chi connectivity index (χ1) is 11.8. The van der Waals surface area contributed by atoms with Gasteiger partial charge in [0.15, 0.2) is 6.61 Å². The number of carbonyl (C=O) groups is 2. The molecule has 0 bridgehead atoms. The number of sulfonamides is 1. The molecule has 1 aliphatic carbocycles. The summed E-state index contributed by atoms with van der Waals surface area (Å²) in [6, 6.07) is 0.117. The summed E-state index contributed by atoms with van der Waals surface area (Å²) in [5, 5.41) is 6.59. The van der Waals surface area contributed by atoms with E-state index in [9.17, 15) is 18.0 Å². The number of amides is 1. The van der Waals surface area contributed by atoms with Gasteiger partial charge in [0, 0.05) is 19.3 Å². The number of hydrogen-bond acceptors (Lipinski definition) is 6. The molecule has 0 aliphatic heterocycles. The van der Waals surface area contributed by atoms with Crippen molar-refractivity contribution >= 4 is 21.9 Å². The van der Waals surface area contributed by atoms with Crippen LogP contribution in [0.2, 0.25) is 0 Å². The minimum atomic E-state index is -3.84. The molecule has 140 valence electrons. The average molecular weight is 372 g/mol. The first kappa shape index (κ1) is 19.4. The number of aryl methyl sites for hydroxylation is 1. The van der Waals surface area contributed by atoms with Crippen molar-refractivity contribution in [3.05, 3.63) is 12.4 Å². The van der Waals surface area contributed by atoms with Crippen LogP contribution in [0, 0.1) is 5.92 Å². The van der Waals surface area contributed by atoms with Crippen LogP contribution in [0.1, 0.15) is 32.6 Å². The van der Waals surface area contributed by atoms with Crippen LogP contribution in [0.5, 0.6) is 0 Å². The summed E-state index contributed by atoms with van der Waals surface area (Å²) in [4.78, 5) is 23.4. The Hall–Kier alpha value is -1.94. The van der Waals surface area contributed by atoms with E-state index in [0.717, 1.165) is 25.7 Å². The summed E-state index contributed by atoms with van der Waals surface area (Å²) >= 11 is 0. The molecule has 1 saturated carbocycles. The maximum Gasteiger partial charge on any atom is 0.321 e. The third-order valence-corrected chi connectivity index (χ3v) is 5.50. The summed E-state index contributed by atoms with van der Waals surface area (Å²) in [7, 11) is -2.25. The average Bonchev–Trinajstić information content (AvgIpc) is 3.01. The van der Waals surface area contributed by atoms with Crippen molar-refractivity contribution in [2.24, 2.45) is 13.0 Å². The van der Waals surface area contributed by atoms with Crippen molar-refractivity contribution in [3.63, 3.8) is 0 Å². The van der Waals surface area contributed by atoms with Crippen LogP contribution in [0.3, 0.4) is 0 Å². The Labute approximate surface area is 147 Å². The molecule has 0 atom stereocenters. The fourth-order valence-electron chi connectivity index (χ4n) is 2.65. The molecule has 2 N–H and O–H groups in total. The molecule has 1 heterocycles. The first-order valence-electron chi connectivity index (χ1n) is 8.19. The Morgan fingerprint density at radius 2 is 2.00 bits per heavy atom. The lowest BCUT2D eigenvalue weighted by atomic mass is 9.87. The molecule has 1 aromatic rings. The normalized spacial score (nSPS) is 20.9. The van der Waals surface area contributed by atoms with E-state index < -0.39 is 29.1 Å². The fourth-order valence-corrected chi connectivity index (χ4v) is 3.60. The van der Waals surface area contributed by atoms with Gasteiger partial charge >= 0.3 is 5.97 Å². The number of nitrogens with zero attached hydrogens (tertiary/aromatic N) is 2. The van der Waals surface area contributed by atoms with Crippen molar-refractivity contribution in [3.8, 4) is 0 Å². The number of carbonyl (C=O) groups excluding carboxylic acids is 2. The van der Waals surface area contributed by atoms with Crippen LogP contribution in [-0.2, 0) is 31.4 Å². The van der Waals surface area contributed by atoms with E-state index in [1.807, 2.05) is 0 Å². The van der Waals surface area contributed by atoms with Gasteiger partial charge in [-0.3, -0.25) is 14.3 Å². The molecule has 2 rings (SSSR count). The zero-order valence-corrected chi connectivity index (χ0v) is 15.2. The predicted octanol–water partition coefficient (Wildman–Crippen LogP) is -0.0635. The Bertz CT molecular complexity index is 707. The Kier molecular flexibility index (Phi) is 6.54. The van der Waals surface area contributed by atoms with Crippen molar-refractivity contribution in [1.82, 2.24) is 19.8 Å². The van der Waals surface area contributed by atoms with Crippen LogP contribution >= 0.6 is 0 Å². The summed E-state index contributed by atoms with van der Waals surface area (Å²) in [5.74, 6) is -0.512. The predicted molar refractivity (Wildman–Crippen MR) is 88.9 cm³/mol. The molecule has 0 spiro atoms. The SMILES string of the molecule is CC1CCC(NC(=O)COC(=O)CNS(=O)(=O)c2cnn(C)c2)CC1. The third-order valence-electron chi connectivity index (χ3n) is 4.14. The maximum absolute atomic E-state index is 11.9. The minimum absolute atomic E-state index is 0.0490. The fraction of sp³-hybridized carbons (Fsp3) is 0.667. The van der Waals surface area contributed by atoms with Gasteiger partial charge in [0.05, 0.1) is 6.20 Å². The Balaban J connectivity index is 1.69. The Morgan fingerprint density at radius 3 is 2.60 bits per heavy atom. The summed E-state index contributed by atoms with van der Waals surface area (Å²) < 4.78 is 32.1. The smallest absolute Gasteiger partial charge is 0.321 e. The molecule has 25 heavy (non-hydrogen) atoms. The second kappa shape index (κ2) is 8.43. The summed E-state index contributed by atoms with van der Waals surface area (Å²) in [5.41, 5.74) is 0. The number of rotatable bonds is 7. The van der Waals surface area contributed by atoms with E-state index in [0.29, 0.717) is 5.92 Å². The monoisotopic (exact) mass is 372 g/mol. The van der Waals surface area contributed by atoms with E-state index in [4.69, 9.17) is 4.74 Å². The third kappa shape index (κ3) is 6.13. The molecular formula is C15H24N4O5S. The molecule has 1 fully saturated rings. The summed E-state index contributed by atoms with van der Waals surface area (Å²) in [6.07, 6.45) is 6.47. The highest BCUT2D eigenvalue weighted by atomic mass is 32.2. The maximum atomic E-state index is 11.9. The molecule has 10 heteroatoms. The molecule has 0 aromatic carbocycles. The molecule has 1 aromatic heterocycles. The van der Waals surface area contributed by atoms with Gasteiger partial charge < -0.3 is 10.1 Å². The topological polar surface area (TPSA) is 119 Å². The molecule has 1 aliphatic rings. The van der Waals surface area contributed by atoms with Crippen LogP contribution < -0.4 is 10.0 Å². The van der Waals surface area contributed by atoms with Crippen molar-refractivity contribution < 1.29 is 22.7 Å². The van der Waals surface area contributed by atoms with Crippen LogP contribution in [-0.4, -0.2) is 49.3 Å². The lowest BCUT2D eigenvalue weighted by Gasteiger charge is -2.26. The number of esters is 1. The highest BCUT2D eigenvalue weighted by molar-refractivity contribution is 7.89. The lowest BCUT2D eigenvalue weighted by molar-refractivity contribution is -0.147. The van der Waals surface area contributed by atoms with E-state index in [2.05, 4.69) is 22.1 Å². The van der Waals surface area contributed by atoms with Gasteiger partial charge in [-0.15, -0.1) is 0 Å². The zero-order valence-electron chi connectivity index (χ0n) is 14.4. The molecule has 0 unspecified atom stereocenters. The second-order valence-corrected chi connectivity index (χ2v) is 8.13. The molecule has 0 radical (unpaired) electrons. The first-order valence-corrected chi connectivity index (χ1v) is 9.68. The van der Waals surface area contributed by atoms with E-state index >= 15 is 0 Å². The van der Waals surface area contributed by atoms with Crippen LogP contribution in [0.15, 0.2) is 17.3 Å². The molecule has 1 amide bonds. The second-order valence-electron chi connectivity index (χ2n) is 6.36. The van der Waals surface area contributed by atoms with Gasteiger partial charge in [0.1, 0.15) is 11.4 Å². The van der Waals surface area contributed by atoms with Gasteiger partial charge in [-0.1, -0.05) is 6.92 Å². The van der Waals surface area contributed by atoms with Gasteiger partial charge in [-0.25, -0.2) is 8.42 Å². The van der Waals surface area contributed by atoms with E-state index in [-0.39, 0.29) is 16.8 Å². The number of ether oxygens (including phenoxy) is 1. The van der Waals surface area contributed by atoms with Gasteiger partial charge in [-0.05, 0) is 31.6 Å². The van der Waals surface area contributed by atoms with E-state index in [1.54, 1.807) is 7.05 Å². The number of aromatic nitrogens is 2. The van der Waals surface area contributed by atoms with Gasteiger partial charge in [0.25, 0.3) is 5.91 Å². The minimum Gasteiger partial charge on any atom is -0.455 e. The quantitative estimate of drug-likeness (QED) is 0.647. The van der Waals surface area contributed by atoms with Crippen molar-refractivity contribution in [2.45, 2.75) is 43.5 Å².